The van der Waals surface area contributed by atoms with Gasteiger partial charge in [-0.25, -0.2) is 0 Å². The van der Waals surface area contributed by atoms with Crippen LogP contribution in [0.25, 0.3) is 0 Å². The normalized spacial score (nSPS) is 19.6. The summed E-state index contributed by atoms with van der Waals surface area (Å²) in [6.07, 6.45) is 3.56. The minimum atomic E-state index is 0.272. The maximum atomic E-state index is 5.23. The van der Waals surface area contributed by atoms with Gasteiger partial charge in [0.05, 0.1) is 6.61 Å². The average molecular weight is 197 g/mol. The summed E-state index contributed by atoms with van der Waals surface area (Å²) in [6, 6.07) is 0. The molecule has 0 spiro atoms. The number of nitrogens with zero attached hydrogens (tertiary/aromatic N) is 1. The molecule has 1 aliphatic rings. The lowest BCUT2D eigenvalue weighted by Gasteiger charge is -2.33. The molecule has 82 valence electrons. The van der Waals surface area contributed by atoms with E-state index in [-0.39, 0.29) is 5.41 Å². The van der Waals surface area contributed by atoms with Gasteiger partial charge in [0.15, 0.2) is 0 Å². The van der Waals surface area contributed by atoms with Gasteiger partial charge >= 0.3 is 0 Å². The van der Waals surface area contributed by atoms with Crippen molar-refractivity contribution in [2.75, 3.05) is 33.4 Å². The third kappa shape index (κ3) is 3.81. The second-order valence-electron chi connectivity index (χ2n) is 5.13. The minimum absolute atomic E-state index is 0.272. The summed E-state index contributed by atoms with van der Waals surface area (Å²) in [5.41, 5.74) is 1.80. The molecule has 1 rings (SSSR count). The molecule has 0 atom stereocenters. The molecule has 0 N–H and O–H groups in total. The van der Waals surface area contributed by atoms with Gasteiger partial charge < -0.3 is 4.74 Å². The van der Waals surface area contributed by atoms with Crippen LogP contribution in [0.4, 0.5) is 0 Å². The lowest BCUT2D eigenvalue weighted by atomic mass is 9.93. The number of hydrogen-bond donors (Lipinski definition) is 0. The third-order valence-electron chi connectivity index (χ3n) is 2.71. The highest BCUT2D eigenvalue weighted by molar-refractivity contribution is 5.04. The standard InChI is InChI=1S/C12H23NO/c1-11-5-7-13(8-6-11)9-12(2,3)10-14-4/h5H,6-10H2,1-4H3. The molecule has 0 saturated carbocycles. The molecule has 0 amide bonds. The van der Waals surface area contributed by atoms with E-state index in [1.54, 1.807) is 7.11 Å². The Balaban J connectivity index is 2.38. The highest BCUT2D eigenvalue weighted by Gasteiger charge is 2.22. The first kappa shape index (κ1) is 11.7. The van der Waals surface area contributed by atoms with E-state index in [4.69, 9.17) is 4.74 Å². The van der Waals surface area contributed by atoms with Crippen LogP contribution in [0, 0.1) is 5.41 Å². The highest BCUT2D eigenvalue weighted by atomic mass is 16.5. The van der Waals surface area contributed by atoms with Crippen molar-refractivity contribution in [3.05, 3.63) is 11.6 Å². The van der Waals surface area contributed by atoms with Crippen LogP contribution in [0.5, 0.6) is 0 Å². The van der Waals surface area contributed by atoms with Crippen molar-refractivity contribution in [3.63, 3.8) is 0 Å². The van der Waals surface area contributed by atoms with Crippen LogP contribution in [0.1, 0.15) is 27.2 Å². The highest BCUT2D eigenvalue weighted by Crippen LogP contribution is 2.19. The zero-order valence-corrected chi connectivity index (χ0v) is 9.97. The van der Waals surface area contributed by atoms with Gasteiger partial charge in [0.1, 0.15) is 0 Å². The first-order valence-corrected chi connectivity index (χ1v) is 5.40. The molecular formula is C12H23NO. The number of rotatable bonds is 4. The van der Waals surface area contributed by atoms with Crippen LogP contribution in [0.15, 0.2) is 11.6 Å². The van der Waals surface area contributed by atoms with Crippen LogP contribution in [0.3, 0.4) is 0 Å². The van der Waals surface area contributed by atoms with Gasteiger partial charge in [0.2, 0.25) is 0 Å². The van der Waals surface area contributed by atoms with E-state index in [1.807, 2.05) is 0 Å². The number of hydrogen-bond acceptors (Lipinski definition) is 2. The Bertz CT molecular complexity index is 208. The summed E-state index contributed by atoms with van der Waals surface area (Å²) in [5.74, 6) is 0. The van der Waals surface area contributed by atoms with Crippen molar-refractivity contribution in [2.45, 2.75) is 27.2 Å². The first-order valence-electron chi connectivity index (χ1n) is 5.40. The SMILES string of the molecule is COCC(C)(C)CN1CC=C(C)CC1. The Morgan fingerprint density at radius 3 is 2.71 bits per heavy atom. The van der Waals surface area contributed by atoms with Crippen LogP contribution in [0.2, 0.25) is 0 Å². The largest absolute Gasteiger partial charge is 0.384 e. The molecule has 0 aromatic rings. The van der Waals surface area contributed by atoms with Crippen molar-refractivity contribution < 1.29 is 4.74 Å². The maximum Gasteiger partial charge on any atom is 0.0525 e. The van der Waals surface area contributed by atoms with Crippen molar-refractivity contribution in [3.8, 4) is 0 Å². The lowest BCUT2D eigenvalue weighted by Crippen LogP contribution is -2.39. The summed E-state index contributed by atoms with van der Waals surface area (Å²) in [4.78, 5) is 2.51. The summed E-state index contributed by atoms with van der Waals surface area (Å²) in [5, 5.41) is 0. The lowest BCUT2D eigenvalue weighted by molar-refractivity contribution is 0.0722. The molecule has 0 saturated heterocycles. The number of ether oxygens (including phenoxy) is 1. The smallest absolute Gasteiger partial charge is 0.0525 e. The molecule has 2 heteroatoms. The molecule has 2 nitrogen and oxygen atoms in total. The predicted molar refractivity (Wildman–Crippen MR) is 60.5 cm³/mol. The van der Waals surface area contributed by atoms with Gasteiger partial charge in [-0.1, -0.05) is 25.5 Å². The fraction of sp³-hybridized carbons (Fsp3) is 0.833. The van der Waals surface area contributed by atoms with Crippen LogP contribution >= 0.6 is 0 Å². The second kappa shape index (κ2) is 4.94. The van der Waals surface area contributed by atoms with E-state index in [9.17, 15) is 0 Å². The van der Waals surface area contributed by atoms with Gasteiger partial charge in [-0.05, 0) is 13.3 Å². The molecule has 0 bridgehead atoms. The molecule has 0 aromatic heterocycles. The van der Waals surface area contributed by atoms with Gasteiger partial charge in [-0.15, -0.1) is 0 Å². The fourth-order valence-corrected chi connectivity index (χ4v) is 2.00. The van der Waals surface area contributed by atoms with Gasteiger partial charge in [0.25, 0.3) is 0 Å². The second-order valence-corrected chi connectivity index (χ2v) is 5.13. The Labute approximate surface area is 87.9 Å². The van der Waals surface area contributed by atoms with Crippen molar-refractivity contribution in [1.82, 2.24) is 4.90 Å². The van der Waals surface area contributed by atoms with E-state index in [1.165, 1.54) is 18.5 Å². The molecule has 1 aliphatic heterocycles. The molecule has 0 aliphatic carbocycles. The first-order chi connectivity index (χ1) is 6.53. The predicted octanol–water partition coefficient (Wildman–Crippen LogP) is 2.31. The summed E-state index contributed by atoms with van der Waals surface area (Å²) < 4.78 is 5.23. The quantitative estimate of drug-likeness (QED) is 0.641. The van der Waals surface area contributed by atoms with Crippen molar-refractivity contribution in [2.24, 2.45) is 5.41 Å². The zero-order chi connectivity index (χ0) is 10.6. The summed E-state index contributed by atoms with van der Waals surface area (Å²) in [7, 11) is 1.78. The number of methoxy groups -OCH3 is 1. The van der Waals surface area contributed by atoms with Crippen LogP contribution in [-0.4, -0.2) is 38.3 Å². The summed E-state index contributed by atoms with van der Waals surface area (Å²) in [6.45, 7) is 11.0. The molecule has 0 radical (unpaired) electrons. The Morgan fingerprint density at radius 2 is 2.21 bits per heavy atom. The molecule has 1 heterocycles. The van der Waals surface area contributed by atoms with Crippen molar-refractivity contribution in [1.29, 1.82) is 0 Å². The Kier molecular flexibility index (Phi) is 4.14. The van der Waals surface area contributed by atoms with Crippen LogP contribution < -0.4 is 0 Å². The molecular weight excluding hydrogens is 174 g/mol. The van der Waals surface area contributed by atoms with Gasteiger partial charge in [0, 0.05) is 32.2 Å². The molecule has 0 aromatic carbocycles. The van der Waals surface area contributed by atoms with E-state index < -0.39 is 0 Å². The Morgan fingerprint density at radius 1 is 1.50 bits per heavy atom. The third-order valence-corrected chi connectivity index (χ3v) is 2.71. The van der Waals surface area contributed by atoms with E-state index in [0.717, 1.165) is 19.7 Å². The topological polar surface area (TPSA) is 12.5 Å². The molecule has 0 fully saturated rings. The fourth-order valence-electron chi connectivity index (χ4n) is 2.00. The van der Waals surface area contributed by atoms with Crippen molar-refractivity contribution >= 4 is 0 Å². The summed E-state index contributed by atoms with van der Waals surface area (Å²) >= 11 is 0. The minimum Gasteiger partial charge on any atom is -0.384 e. The monoisotopic (exact) mass is 197 g/mol. The van der Waals surface area contributed by atoms with Gasteiger partial charge in [-0.2, -0.15) is 0 Å². The van der Waals surface area contributed by atoms with E-state index in [0.29, 0.717) is 0 Å². The van der Waals surface area contributed by atoms with E-state index >= 15 is 0 Å². The van der Waals surface area contributed by atoms with Gasteiger partial charge in [-0.3, -0.25) is 4.90 Å². The molecule has 14 heavy (non-hydrogen) atoms. The maximum absolute atomic E-state index is 5.23. The van der Waals surface area contributed by atoms with Crippen LogP contribution in [-0.2, 0) is 4.74 Å². The van der Waals surface area contributed by atoms with E-state index in [2.05, 4.69) is 31.7 Å². The average Bonchev–Trinajstić information content (AvgIpc) is 2.08. The molecule has 0 unspecified atom stereocenters. The Hall–Kier alpha value is -0.340. The zero-order valence-electron chi connectivity index (χ0n) is 9.97.